The molecule has 0 radical (unpaired) electrons. The summed E-state index contributed by atoms with van der Waals surface area (Å²) in [5.74, 6) is -1.06. The lowest BCUT2D eigenvalue weighted by atomic mass is 10.1. The van der Waals surface area contributed by atoms with E-state index < -0.39 is 28.8 Å². The first-order valence-electron chi connectivity index (χ1n) is 14.0. The van der Waals surface area contributed by atoms with Gasteiger partial charge in [0.2, 0.25) is 5.91 Å². The Hall–Kier alpha value is -4.84. The molecule has 0 bridgehead atoms. The molecular weight excluding hydrogens is 588 g/mol. The molecule has 3 aromatic carbocycles. The predicted molar refractivity (Wildman–Crippen MR) is 164 cm³/mol. The molecule has 3 heterocycles. The van der Waals surface area contributed by atoms with E-state index >= 15 is 8.78 Å². The van der Waals surface area contributed by atoms with Crippen molar-refractivity contribution in [3.63, 3.8) is 0 Å². The van der Waals surface area contributed by atoms with Crippen molar-refractivity contribution in [1.82, 2.24) is 19.9 Å². The van der Waals surface area contributed by atoms with Crippen LogP contribution in [0.3, 0.4) is 0 Å². The maximum atomic E-state index is 15.1. The molecule has 1 fully saturated rings. The number of ether oxygens (including phenoxy) is 2. The van der Waals surface area contributed by atoms with Crippen LogP contribution in [0.2, 0.25) is 0 Å². The van der Waals surface area contributed by atoms with Gasteiger partial charge in [-0.15, -0.1) is 0 Å². The minimum absolute atomic E-state index is 0.0494. The third kappa shape index (κ3) is 5.60. The lowest BCUT2D eigenvalue weighted by Crippen LogP contribution is -2.43. The Morgan fingerprint density at radius 3 is 2.52 bits per heavy atom. The van der Waals surface area contributed by atoms with Gasteiger partial charge in [0.15, 0.2) is 21.3 Å². The number of carbonyl (C=O) groups is 1. The molecular formula is C32H29F2N5O4S. The number of hydrogen-bond acceptors (Lipinski definition) is 8. The molecule has 5 aromatic rings. The number of aromatic nitrogens is 3. The van der Waals surface area contributed by atoms with Crippen molar-refractivity contribution in [2.75, 3.05) is 25.7 Å². The fraction of sp³-hybridized carbons (Fsp3) is 0.250. The highest BCUT2D eigenvalue weighted by molar-refractivity contribution is 7.21. The van der Waals surface area contributed by atoms with Crippen molar-refractivity contribution in [2.24, 2.45) is 0 Å². The van der Waals surface area contributed by atoms with Crippen LogP contribution in [0.1, 0.15) is 24.0 Å². The zero-order valence-corrected chi connectivity index (χ0v) is 24.9. The standard InChI is InChI=1S/C32H29F2N5O4S/c1-42-21-14-13-20(25(16-21)43-2)18-39-28(26-22(33)10-6-11-23(26)34)37-30-27(31(39)41)36-32(44-30)38-15-7-12-24(38)29(40)35-17-19-8-4-3-5-9-19/h3-6,8-11,13-14,16,24H,7,12,15,17-18H2,1-2H3,(H,35,40)/t24-/m1/s1. The van der Waals surface area contributed by atoms with Crippen LogP contribution in [0.15, 0.2) is 71.5 Å². The third-order valence-electron chi connectivity index (χ3n) is 7.63. The minimum atomic E-state index is -0.855. The number of halogens is 2. The first kappa shape index (κ1) is 29.2. The number of nitrogens with one attached hydrogen (secondary N) is 1. The van der Waals surface area contributed by atoms with Crippen molar-refractivity contribution in [3.05, 3.63) is 99.8 Å². The van der Waals surface area contributed by atoms with Gasteiger partial charge < -0.3 is 19.7 Å². The van der Waals surface area contributed by atoms with Crippen LogP contribution in [0.5, 0.6) is 11.5 Å². The zero-order valence-electron chi connectivity index (χ0n) is 24.0. The molecule has 9 nitrogen and oxygen atoms in total. The molecule has 0 saturated carbocycles. The highest BCUT2D eigenvalue weighted by atomic mass is 32.1. The fourth-order valence-electron chi connectivity index (χ4n) is 5.39. The molecule has 226 valence electrons. The SMILES string of the molecule is COc1ccc(Cn2c(-c3c(F)cccc3F)nc3sc(N4CCC[C@@H]4C(=O)NCc4ccccc4)nc3c2=O)c(OC)c1. The summed E-state index contributed by atoms with van der Waals surface area (Å²) in [5.41, 5.74) is 0.607. The van der Waals surface area contributed by atoms with Gasteiger partial charge in [0.1, 0.15) is 29.2 Å². The number of anilines is 1. The molecule has 2 aromatic heterocycles. The Morgan fingerprint density at radius 1 is 1.02 bits per heavy atom. The van der Waals surface area contributed by atoms with E-state index in [1.54, 1.807) is 18.2 Å². The molecule has 0 aliphatic carbocycles. The van der Waals surface area contributed by atoms with Crippen molar-refractivity contribution >= 4 is 32.7 Å². The second-order valence-electron chi connectivity index (χ2n) is 10.3. The monoisotopic (exact) mass is 617 g/mol. The molecule has 12 heteroatoms. The summed E-state index contributed by atoms with van der Waals surface area (Å²) >= 11 is 1.12. The number of fused-ring (bicyclic) bond motifs is 1. The lowest BCUT2D eigenvalue weighted by Gasteiger charge is -2.23. The predicted octanol–water partition coefficient (Wildman–Crippen LogP) is 5.15. The van der Waals surface area contributed by atoms with Gasteiger partial charge in [-0.05, 0) is 42.7 Å². The van der Waals surface area contributed by atoms with E-state index in [4.69, 9.17) is 9.47 Å². The van der Waals surface area contributed by atoms with Crippen molar-refractivity contribution < 1.29 is 23.0 Å². The molecule has 1 amide bonds. The van der Waals surface area contributed by atoms with E-state index in [9.17, 15) is 9.59 Å². The van der Waals surface area contributed by atoms with Gasteiger partial charge in [0.05, 0.1) is 26.3 Å². The molecule has 0 unspecified atom stereocenters. The van der Waals surface area contributed by atoms with Crippen molar-refractivity contribution in [1.29, 1.82) is 0 Å². The highest BCUT2D eigenvalue weighted by Crippen LogP contribution is 2.34. The van der Waals surface area contributed by atoms with Gasteiger partial charge in [0, 0.05) is 24.7 Å². The molecule has 1 aliphatic rings. The summed E-state index contributed by atoms with van der Waals surface area (Å²) < 4.78 is 42.2. The Labute approximate surface area is 255 Å². The van der Waals surface area contributed by atoms with Crippen LogP contribution >= 0.6 is 11.3 Å². The van der Waals surface area contributed by atoms with Gasteiger partial charge in [-0.25, -0.2) is 18.7 Å². The summed E-state index contributed by atoms with van der Waals surface area (Å²) in [6.07, 6.45) is 1.39. The van der Waals surface area contributed by atoms with Gasteiger partial charge in [-0.2, -0.15) is 0 Å². The summed E-state index contributed by atoms with van der Waals surface area (Å²) in [6, 6.07) is 17.7. The van der Waals surface area contributed by atoms with Crippen molar-refractivity contribution in [2.45, 2.75) is 32.0 Å². The first-order chi connectivity index (χ1) is 21.4. The van der Waals surface area contributed by atoms with E-state index in [1.807, 2.05) is 35.2 Å². The van der Waals surface area contributed by atoms with E-state index in [1.165, 1.54) is 24.9 Å². The second-order valence-corrected chi connectivity index (χ2v) is 11.3. The quantitative estimate of drug-likeness (QED) is 0.244. The van der Waals surface area contributed by atoms with Gasteiger partial charge in [0.25, 0.3) is 5.56 Å². The van der Waals surface area contributed by atoms with E-state index in [0.717, 1.165) is 35.5 Å². The number of carbonyl (C=O) groups excluding carboxylic acids is 1. The van der Waals surface area contributed by atoms with Crippen LogP contribution in [0, 0.1) is 11.6 Å². The summed E-state index contributed by atoms with van der Waals surface area (Å²) in [5, 5.41) is 3.44. The number of amides is 1. The molecule has 1 N–H and O–H groups in total. The molecule has 44 heavy (non-hydrogen) atoms. The lowest BCUT2D eigenvalue weighted by molar-refractivity contribution is -0.122. The third-order valence-corrected chi connectivity index (χ3v) is 8.61. The topological polar surface area (TPSA) is 98.6 Å². The normalized spacial score (nSPS) is 14.6. The fourth-order valence-corrected chi connectivity index (χ4v) is 6.40. The van der Waals surface area contributed by atoms with Gasteiger partial charge in [-0.3, -0.25) is 14.2 Å². The average Bonchev–Trinajstić information content (AvgIpc) is 3.70. The Bertz CT molecular complexity index is 1880. The minimum Gasteiger partial charge on any atom is -0.497 e. The van der Waals surface area contributed by atoms with Crippen LogP contribution in [0.4, 0.5) is 13.9 Å². The van der Waals surface area contributed by atoms with Crippen LogP contribution < -0.4 is 25.2 Å². The first-order valence-corrected chi connectivity index (χ1v) is 14.8. The van der Waals surface area contributed by atoms with E-state index in [-0.39, 0.29) is 28.6 Å². The Morgan fingerprint density at radius 2 is 1.80 bits per heavy atom. The van der Waals surface area contributed by atoms with Gasteiger partial charge in [-0.1, -0.05) is 47.7 Å². The van der Waals surface area contributed by atoms with Crippen molar-refractivity contribution in [3.8, 4) is 22.9 Å². The molecule has 1 aliphatic heterocycles. The summed E-state index contributed by atoms with van der Waals surface area (Å²) in [4.78, 5) is 38.5. The summed E-state index contributed by atoms with van der Waals surface area (Å²) in [7, 11) is 3.00. The average molecular weight is 618 g/mol. The smallest absolute Gasteiger partial charge is 0.281 e. The van der Waals surface area contributed by atoms with E-state index in [2.05, 4.69) is 15.3 Å². The molecule has 1 saturated heterocycles. The number of methoxy groups -OCH3 is 2. The van der Waals surface area contributed by atoms with Crippen LogP contribution in [-0.4, -0.2) is 47.2 Å². The largest absolute Gasteiger partial charge is 0.497 e. The maximum Gasteiger partial charge on any atom is 0.281 e. The molecule has 1 atom stereocenters. The highest BCUT2D eigenvalue weighted by Gasteiger charge is 2.33. The zero-order chi connectivity index (χ0) is 30.8. The number of nitrogens with zero attached hydrogens (tertiary/aromatic N) is 4. The summed E-state index contributed by atoms with van der Waals surface area (Å²) in [6.45, 7) is 0.858. The number of hydrogen-bond donors (Lipinski definition) is 1. The molecule has 0 spiro atoms. The Kier molecular flexibility index (Phi) is 8.25. The number of thiazole rings is 1. The second kappa shape index (κ2) is 12.4. The maximum absolute atomic E-state index is 15.1. The van der Waals surface area contributed by atoms with E-state index in [0.29, 0.717) is 41.7 Å². The number of rotatable bonds is 9. The van der Waals surface area contributed by atoms with Gasteiger partial charge >= 0.3 is 0 Å². The Balaban J connectivity index is 1.41. The van der Waals surface area contributed by atoms with Crippen LogP contribution in [0.25, 0.3) is 21.7 Å². The van der Waals surface area contributed by atoms with Crippen LogP contribution in [-0.2, 0) is 17.9 Å². The number of benzene rings is 3. The molecule has 6 rings (SSSR count).